The molecule has 0 bridgehead atoms. The summed E-state index contributed by atoms with van der Waals surface area (Å²) in [6, 6.07) is 19.2. The fourth-order valence-electron chi connectivity index (χ4n) is 4.06. The number of anilines is 2. The highest BCUT2D eigenvalue weighted by atomic mass is 35.5. The second kappa shape index (κ2) is 10.7. The number of halogens is 1. The van der Waals surface area contributed by atoms with Crippen LogP contribution in [0.5, 0.6) is 0 Å². The number of amidine groups is 1. The van der Waals surface area contributed by atoms with Crippen molar-refractivity contribution in [1.82, 2.24) is 9.47 Å². The zero-order valence-electron chi connectivity index (χ0n) is 19.7. The summed E-state index contributed by atoms with van der Waals surface area (Å²) in [5, 5.41) is 3.98. The molecule has 3 aromatic rings. The van der Waals surface area contributed by atoms with Gasteiger partial charge in [-0.1, -0.05) is 36.4 Å². The Morgan fingerprint density at radius 1 is 1.09 bits per heavy atom. The zero-order chi connectivity index (χ0) is 24.1. The molecule has 1 aliphatic heterocycles. The van der Waals surface area contributed by atoms with E-state index in [1.807, 2.05) is 31.2 Å². The van der Waals surface area contributed by atoms with Gasteiger partial charge in [0.05, 0.1) is 6.54 Å². The van der Waals surface area contributed by atoms with Crippen LogP contribution in [0, 0.1) is 0 Å². The number of pyridine rings is 1. The highest BCUT2D eigenvalue weighted by Crippen LogP contribution is 2.23. The molecule has 0 spiro atoms. The fourth-order valence-corrected chi connectivity index (χ4v) is 4.27. The predicted octanol–water partition coefficient (Wildman–Crippen LogP) is 5.11. The summed E-state index contributed by atoms with van der Waals surface area (Å²) >= 11 is 6.14. The van der Waals surface area contributed by atoms with Crippen molar-refractivity contribution < 1.29 is 0 Å². The lowest BCUT2D eigenvalue weighted by atomic mass is 10.2. The quantitative estimate of drug-likeness (QED) is 0.397. The minimum absolute atomic E-state index is 0.131. The average Bonchev–Trinajstić information content (AvgIpc) is 2.82. The Morgan fingerprint density at radius 2 is 1.82 bits per heavy atom. The van der Waals surface area contributed by atoms with Crippen molar-refractivity contribution in [3.63, 3.8) is 0 Å². The van der Waals surface area contributed by atoms with Gasteiger partial charge in [-0.15, -0.1) is 0 Å². The normalized spacial score (nSPS) is 14.8. The topological polar surface area (TPSA) is 52.9 Å². The third kappa shape index (κ3) is 5.76. The minimum Gasteiger partial charge on any atom is -0.369 e. The van der Waals surface area contributed by atoms with E-state index in [0.717, 1.165) is 43.0 Å². The maximum absolute atomic E-state index is 12.7. The number of rotatable bonds is 6. The number of aromatic nitrogens is 1. The molecule has 0 radical (unpaired) electrons. The first-order valence-corrected chi connectivity index (χ1v) is 11.8. The Kier molecular flexibility index (Phi) is 7.50. The fraction of sp³-hybridized carbons (Fsp3) is 0.259. The molecular formula is C27H30ClN5O. The van der Waals surface area contributed by atoms with Crippen molar-refractivity contribution >= 4 is 40.7 Å². The van der Waals surface area contributed by atoms with E-state index in [-0.39, 0.29) is 5.56 Å². The summed E-state index contributed by atoms with van der Waals surface area (Å²) < 4.78 is 1.64. The average molecular weight is 476 g/mol. The summed E-state index contributed by atoms with van der Waals surface area (Å²) in [7, 11) is 2.16. The molecule has 1 N–H and O–H groups in total. The van der Waals surface area contributed by atoms with Crippen LogP contribution in [0.1, 0.15) is 18.1 Å². The van der Waals surface area contributed by atoms with E-state index in [1.54, 1.807) is 22.8 Å². The van der Waals surface area contributed by atoms with Gasteiger partial charge in [0.15, 0.2) is 0 Å². The smallest absolute Gasteiger partial charge is 0.252 e. The van der Waals surface area contributed by atoms with Gasteiger partial charge in [-0.2, -0.15) is 0 Å². The van der Waals surface area contributed by atoms with Gasteiger partial charge in [-0.3, -0.25) is 9.36 Å². The summed E-state index contributed by atoms with van der Waals surface area (Å²) in [4.78, 5) is 22.3. The first-order chi connectivity index (χ1) is 16.4. The van der Waals surface area contributed by atoms with Gasteiger partial charge in [0.1, 0.15) is 11.7 Å². The summed E-state index contributed by atoms with van der Waals surface area (Å²) in [5.74, 6) is 1.24. The molecule has 0 aliphatic carbocycles. The van der Waals surface area contributed by atoms with Crippen LogP contribution in [0.3, 0.4) is 0 Å². The summed E-state index contributed by atoms with van der Waals surface area (Å²) in [6.45, 7) is 10.4. The third-order valence-electron chi connectivity index (χ3n) is 5.97. The Hall–Kier alpha value is -3.35. The molecule has 2 aromatic carbocycles. The van der Waals surface area contributed by atoms with Gasteiger partial charge in [0.25, 0.3) is 5.56 Å². The minimum atomic E-state index is -0.131. The number of aliphatic imine (C=N–C) groups is 1. The summed E-state index contributed by atoms with van der Waals surface area (Å²) in [6.07, 6.45) is 1.71. The molecule has 0 atom stereocenters. The highest BCUT2D eigenvalue weighted by Gasteiger charge is 2.14. The van der Waals surface area contributed by atoms with Crippen molar-refractivity contribution in [2.75, 3.05) is 43.4 Å². The SMILES string of the molecule is C=Cc1ccc(=O)n(Cc2cccc(Cl)c2)c1N=C(C)Nc1ccc(N2CCN(C)CC2)cc1. The molecule has 4 rings (SSSR count). The Bertz CT molecular complexity index is 1240. The lowest BCUT2D eigenvalue weighted by molar-refractivity contribution is 0.313. The van der Waals surface area contributed by atoms with Crippen LogP contribution in [-0.2, 0) is 6.54 Å². The summed E-state index contributed by atoms with van der Waals surface area (Å²) in [5.41, 5.74) is 3.75. The molecule has 1 saturated heterocycles. The predicted molar refractivity (Wildman–Crippen MR) is 144 cm³/mol. The number of hydrogen-bond donors (Lipinski definition) is 1. The Labute approximate surface area is 205 Å². The number of nitrogens with zero attached hydrogens (tertiary/aromatic N) is 4. The van der Waals surface area contributed by atoms with Crippen LogP contribution >= 0.6 is 11.6 Å². The second-order valence-corrected chi connectivity index (χ2v) is 8.97. The standard InChI is InChI=1S/C27H30ClN5O/c1-4-22-8-13-26(34)33(19-21-6-5-7-23(28)18-21)27(22)30-20(2)29-24-9-11-25(12-10-24)32-16-14-31(3)15-17-32/h4-13,18H,1,14-17,19H2,2-3H3,(H,29,30). The van der Waals surface area contributed by atoms with E-state index < -0.39 is 0 Å². The van der Waals surface area contributed by atoms with Crippen LogP contribution in [0.2, 0.25) is 5.02 Å². The Balaban J connectivity index is 1.56. The first-order valence-electron chi connectivity index (χ1n) is 11.4. The molecule has 0 saturated carbocycles. The number of piperazine rings is 1. The van der Waals surface area contributed by atoms with Crippen LogP contribution < -0.4 is 15.8 Å². The number of benzene rings is 2. The number of hydrogen-bond acceptors (Lipinski definition) is 4. The molecule has 176 valence electrons. The highest BCUT2D eigenvalue weighted by molar-refractivity contribution is 6.30. The number of nitrogens with one attached hydrogen (secondary N) is 1. The van der Waals surface area contributed by atoms with Crippen molar-refractivity contribution in [3.8, 4) is 0 Å². The maximum atomic E-state index is 12.7. The molecule has 1 fully saturated rings. The maximum Gasteiger partial charge on any atom is 0.252 e. The lowest BCUT2D eigenvalue weighted by Gasteiger charge is -2.34. The monoisotopic (exact) mass is 475 g/mol. The van der Waals surface area contributed by atoms with E-state index in [0.29, 0.717) is 23.2 Å². The largest absolute Gasteiger partial charge is 0.369 e. The molecule has 2 heterocycles. The Morgan fingerprint density at radius 3 is 2.50 bits per heavy atom. The number of likely N-dealkylation sites (N-methyl/N-ethyl adjacent to an activating group) is 1. The van der Waals surface area contributed by atoms with Crippen molar-refractivity contribution in [1.29, 1.82) is 0 Å². The van der Waals surface area contributed by atoms with Crippen LogP contribution in [-0.4, -0.2) is 48.5 Å². The van der Waals surface area contributed by atoms with Gasteiger partial charge in [0, 0.05) is 54.2 Å². The van der Waals surface area contributed by atoms with Crippen molar-refractivity contribution in [2.24, 2.45) is 4.99 Å². The van der Waals surface area contributed by atoms with Gasteiger partial charge in [-0.05, 0) is 62.0 Å². The second-order valence-electron chi connectivity index (χ2n) is 8.53. The molecule has 1 aliphatic rings. The molecule has 6 nitrogen and oxygen atoms in total. The van der Waals surface area contributed by atoms with Gasteiger partial charge < -0.3 is 15.1 Å². The van der Waals surface area contributed by atoms with Crippen LogP contribution in [0.4, 0.5) is 17.2 Å². The molecule has 0 amide bonds. The molecular weight excluding hydrogens is 446 g/mol. The van der Waals surface area contributed by atoms with Gasteiger partial charge >= 0.3 is 0 Å². The van der Waals surface area contributed by atoms with Crippen molar-refractivity contribution in [2.45, 2.75) is 13.5 Å². The van der Waals surface area contributed by atoms with Crippen LogP contribution in [0.15, 0.2) is 77.0 Å². The molecule has 1 aromatic heterocycles. The zero-order valence-corrected chi connectivity index (χ0v) is 20.4. The van der Waals surface area contributed by atoms with E-state index in [9.17, 15) is 4.79 Å². The van der Waals surface area contributed by atoms with E-state index in [1.165, 1.54) is 5.69 Å². The molecule has 7 heteroatoms. The first kappa shape index (κ1) is 23.8. The lowest BCUT2D eigenvalue weighted by Crippen LogP contribution is -2.44. The van der Waals surface area contributed by atoms with Gasteiger partial charge in [-0.25, -0.2) is 4.99 Å². The van der Waals surface area contributed by atoms with E-state index in [2.05, 4.69) is 53.0 Å². The molecule has 34 heavy (non-hydrogen) atoms. The van der Waals surface area contributed by atoms with Gasteiger partial charge in [0.2, 0.25) is 0 Å². The van der Waals surface area contributed by atoms with E-state index in [4.69, 9.17) is 16.6 Å². The molecule has 0 unspecified atom stereocenters. The van der Waals surface area contributed by atoms with Crippen LogP contribution in [0.25, 0.3) is 6.08 Å². The van der Waals surface area contributed by atoms with E-state index >= 15 is 0 Å². The third-order valence-corrected chi connectivity index (χ3v) is 6.20. The van der Waals surface area contributed by atoms with Crippen molar-refractivity contribution in [3.05, 3.63) is 93.7 Å².